The number of carbonyl (C=O) groups excluding carboxylic acids is 1. The molecule has 6 heteroatoms. The van der Waals surface area contributed by atoms with Crippen molar-refractivity contribution in [1.82, 2.24) is 9.78 Å². The van der Waals surface area contributed by atoms with Crippen molar-refractivity contribution in [2.45, 2.75) is 0 Å². The van der Waals surface area contributed by atoms with Crippen molar-refractivity contribution >= 4 is 29.3 Å². The van der Waals surface area contributed by atoms with E-state index in [1.807, 2.05) is 66.7 Å². The van der Waals surface area contributed by atoms with Crippen molar-refractivity contribution in [1.29, 1.82) is 5.26 Å². The highest BCUT2D eigenvalue weighted by atomic mass is 35.5. The Kier molecular flexibility index (Phi) is 5.93. The molecule has 5 nitrogen and oxygen atoms in total. The average molecular weight is 425 g/mol. The van der Waals surface area contributed by atoms with Crippen LogP contribution in [0.25, 0.3) is 23.0 Å². The van der Waals surface area contributed by atoms with Gasteiger partial charge in [0.2, 0.25) is 0 Å². The predicted molar refractivity (Wildman–Crippen MR) is 123 cm³/mol. The lowest BCUT2D eigenvalue weighted by Gasteiger charge is -2.04. The van der Waals surface area contributed by atoms with Crippen LogP contribution in [0, 0.1) is 11.3 Å². The number of hydrogen-bond acceptors (Lipinski definition) is 3. The summed E-state index contributed by atoms with van der Waals surface area (Å²) >= 11 is 6.03. The first-order valence-corrected chi connectivity index (χ1v) is 9.91. The molecule has 0 aliphatic heterocycles. The second-order valence-electron chi connectivity index (χ2n) is 6.71. The smallest absolute Gasteiger partial charge is 0.266 e. The second kappa shape index (κ2) is 9.12. The zero-order valence-electron chi connectivity index (χ0n) is 16.4. The predicted octanol–water partition coefficient (Wildman–Crippen LogP) is 5.74. The third-order valence-electron chi connectivity index (χ3n) is 4.58. The number of amides is 1. The zero-order valence-corrected chi connectivity index (χ0v) is 17.1. The summed E-state index contributed by atoms with van der Waals surface area (Å²) in [6, 6.07) is 27.9. The highest BCUT2D eigenvalue weighted by Gasteiger charge is 2.15. The van der Waals surface area contributed by atoms with Gasteiger partial charge in [-0.2, -0.15) is 10.4 Å². The molecule has 0 saturated carbocycles. The molecule has 4 rings (SSSR count). The van der Waals surface area contributed by atoms with Crippen molar-refractivity contribution in [2.24, 2.45) is 0 Å². The monoisotopic (exact) mass is 424 g/mol. The molecule has 0 saturated heterocycles. The summed E-state index contributed by atoms with van der Waals surface area (Å²) in [4.78, 5) is 12.7. The van der Waals surface area contributed by atoms with Crippen LogP contribution in [0.5, 0.6) is 0 Å². The van der Waals surface area contributed by atoms with Gasteiger partial charge in [-0.15, -0.1) is 0 Å². The van der Waals surface area contributed by atoms with E-state index < -0.39 is 5.91 Å². The fraction of sp³-hybridized carbons (Fsp3) is 0. The van der Waals surface area contributed by atoms with Crippen LogP contribution in [-0.2, 0) is 4.79 Å². The number of carbonyl (C=O) groups is 1. The molecule has 1 N–H and O–H groups in total. The van der Waals surface area contributed by atoms with Gasteiger partial charge in [-0.05, 0) is 42.5 Å². The molecule has 0 aliphatic rings. The highest BCUT2D eigenvalue weighted by Crippen LogP contribution is 2.27. The third-order valence-corrected chi connectivity index (χ3v) is 4.83. The number of aromatic nitrogens is 2. The van der Waals surface area contributed by atoms with Crippen LogP contribution in [0.15, 0.2) is 96.7 Å². The van der Waals surface area contributed by atoms with E-state index in [1.165, 1.54) is 0 Å². The fourth-order valence-electron chi connectivity index (χ4n) is 3.06. The number of halogens is 1. The number of nitrogens with one attached hydrogen (secondary N) is 1. The SMILES string of the molecule is N#C/C(=C\c1cn(-c2ccccc2)nc1-c1ccc(Cl)cc1)C(=O)Nc1ccccc1. The van der Waals surface area contributed by atoms with Crippen molar-refractivity contribution in [2.75, 3.05) is 5.32 Å². The van der Waals surface area contributed by atoms with Crippen LogP contribution < -0.4 is 5.32 Å². The topological polar surface area (TPSA) is 70.7 Å². The normalized spacial score (nSPS) is 11.0. The molecule has 0 spiro atoms. The van der Waals surface area contributed by atoms with Crippen molar-refractivity contribution in [3.63, 3.8) is 0 Å². The molecule has 31 heavy (non-hydrogen) atoms. The Hall–Kier alpha value is -4.14. The van der Waals surface area contributed by atoms with Gasteiger partial charge < -0.3 is 5.32 Å². The summed E-state index contributed by atoms with van der Waals surface area (Å²) in [6.45, 7) is 0. The second-order valence-corrected chi connectivity index (χ2v) is 7.15. The fourth-order valence-corrected chi connectivity index (χ4v) is 3.19. The van der Waals surface area contributed by atoms with Gasteiger partial charge in [0.25, 0.3) is 5.91 Å². The number of anilines is 1. The van der Waals surface area contributed by atoms with Gasteiger partial charge in [0.05, 0.1) is 11.4 Å². The lowest BCUT2D eigenvalue weighted by Crippen LogP contribution is -2.13. The van der Waals surface area contributed by atoms with E-state index >= 15 is 0 Å². The van der Waals surface area contributed by atoms with Crippen molar-refractivity contribution in [3.05, 3.63) is 107 Å². The molecule has 0 aliphatic carbocycles. The van der Waals surface area contributed by atoms with E-state index in [9.17, 15) is 10.1 Å². The summed E-state index contributed by atoms with van der Waals surface area (Å²) in [5.41, 5.74) is 3.57. The number of nitriles is 1. The maximum absolute atomic E-state index is 12.7. The first-order chi connectivity index (χ1) is 15.1. The van der Waals surface area contributed by atoms with E-state index in [2.05, 4.69) is 5.32 Å². The van der Waals surface area contributed by atoms with E-state index in [0.717, 1.165) is 11.3 Å². The summed E-state index contributed by atoms with van der Waals surface area (Å²) in [5.74, 6) is -0.483. The van der Waals surface area contributed by atoms with Gasteiger partial charge in [-0.3, -0.25) is 4.79 Å². The summed E-state index contributed by atoms with van der Waals surface area (Å²) in [5, 5.41) is 17.7. The number of rotatable bonds is 5. The van der Waals surface area contributed by atoms with Crippen LogP contribution in [0.4, 0.5) is 5.69 Å². The van der Waals surface area contributed by atoms with Crippen LogP contribution >= 0.6 is 11.6 Å². The van der Waals surface area contributed by atoms with Gasteiger partial charge >= 0.3 is 0 Å². The molecule has 1 aromatic heterocycles. The summed E-state index contributed by atoms with van der Waals surface area (Å²) < 4.78 is 1.72. The third kappa shape index (κ3) is 4.72. The lowest BCUT2D eigenvalue weighted by molar-refractivity contribution is -0.112. The molecular weight excluding hydrogens is 408 g/mol. The number of para-hydroxylation sites is 2. The molecule has 1 amide bonds. The van der Waals surface area contributed by atoms with Crippen molar-refractivity contribution < 1.29 is 4.79 Å². The standard InChI is InChI=1S/C25H17ClN4O/c26-21-13-11-18(12-14-21)24-20(17-30(29-24)23-9-5-2-6-10-23)15-19(16-27)25(31)28-22-7-3-1-4-8-22/h1-15,17H,(H,28,31)/b19-15+. The quantitative estimate of drug-likeness (QED) is 0.328. The molecular formula is C25H17ClN4O. The molecule has 0 fully saturated rings. The largest absolute Gasteiger partial charge is 0.321 e. The van der Waals surface area contributed by atoms with Crippen LogP contribution in [0.1, 0.15) is 5.56 Å². The molecule has 0 atom stereocenters. The van der Waals surface area contributed by atoms with Gasteiger partial charge in [-0.1, -0.05) is 60.1 Å². The number of nitrogens with zero attached hydrogens (tertiary/aromatic N) is 3. The Bertz CT molecular complexity index is 1270. The maximum Gasteiger partial charge on any atom is 0.266 e. The Morgan fingerprint density at radius 1 is 0.968 bits per heavy atom. The minimum absolute atomic E-state index is 0.0216. The maximum atomic E-state index is 12.7. The first-order valence-electron chi connectivity index (χ1n) is 9.53. The lowest BCUT2D eigenvalue weighted by atomic mass is 10.1. The first kappa shape index (κ1) is 20.1. The molecule has 3 aromatic carbocycles. The molecule has 0 unspecified atom stereocenters. The van der Waals surface area contributed by atoms with Gasteiger partial charge in [0.1, 0.15) is 11.6 Å². The zero-order chi connectivity index (χ0) is 21.6. The minimum Gasteiger partial charge on any atom is -0.321 e. The molecule has 4 aromatic rings. The van der Waals surface area contributed by atoms with E-state index in [0.29, 0.717) is 22.0 Å². The van der Waals surface area contributed by atoms with Gasteiger partial charge in [0, 0.05) is 28.0 Å². The Morgan fingerprint density at radius 3 is 2.26 bits per heavy atom. The Labute approximate surface area is 184 Å². The van der Waals surface area contributed by atoms with E-state index in [4.69, 9.17) is 16.7 Å². The van der Waals surface area contributed by atoms with Crippen LogP contribution in [0.3, 0.4) is 0 Å². The highest BCUT2D eigenvalue weighted by molar-refractivity contribution is 6.30. The van der Waals surface area contributed by atoms with E-state index in [-0.39, 0.29) is 5.57 Å². The Balaban J connectivity index is 1.76. The van der Waals surface area contributed by atoms with Crippen LogP contribution in [-0.4, -0.2) is 15.7 Å². The average Bonchev–Trinajstić information content (AvgIpc) is 3.23. The number of hydrogen-bond donors (Lipinski definition) is 1. The van der Waals surface area contributed by atoms with Gasteiger partial charge in [-0.25, -0.2) is 4.68 Å². The number of benzene rings is 3. The molecule has 0 radical (unpaired) electrons. The van der Waals surface area contributed by atoms with Gasteiger partial charge in [0.15, 0.2) is 0 Å². The van der Waals surface area contributed by atoms with E-state index in [1.54, 1.807) is 41.2 Å². The molecule has 0 bridgehead atoms. The molecule has 150 valence electrons. The summed E-state index contributed by atoms with van der Waals surface area (Å²) in [6.07, 6.45) is 3.35. The summed E-state index contributed by atoms with van der Waals surface area (Å²) in [7, 11) is 0. The van der Waals surface area contributed by atoms with Crippen molar-refractivity contribution in [3.8, 4) is 23.0 Å². The molecule has 1 heterocycles. The van der Waals surface area contributed by atoms with Crippen LogP contribution in [0.2, 0.25) is 5.02 Å². The Morgan fingerprint density at radius 2 is 1.61 bits per heavy atom. The minimum atomic E-state index is -0.483.